The predicted molar refractivity (Wildman–Crippen MR) is 119 cm³/mol. The molecule has 0 aliphatic carbocycles. The minimum atomic E-state index is -4.74. The number of hydrogen-bond acceptors (Lipinski definition) is 6. The molecule has 0 fully saturated rings. The summed E-state index contributed by atoms with van der Waals surface area (Å²) in [6.45, 7) is 0. The van der Waals surface area contributed by atoms with Gasteiger partial charge in [-0.2, -0.15) is 13.2 Å². The number of hydrogen-bond donors (Lipinski definition) is 2. The van der Waals surface area contributed by atoms with Gasteiger partial charge in [0.1, 0.15) is 11.8 Å². The molecule has 1 aromatic carbocycles. The highest BCUT2D eigenvalue weighted by Crippen LogP contribution is 2.41. The topological polar surface area (TPSA) is 87.7 Å². The van der Waals surface area contributed by atoms with E-state index >= 15 is 0 Å². The molecule has 7 nitrogen and oxygen atoms in total. The van der Waals surface area contributed by atoms with Gasteiger partial charge in [0.05, 0.1) is 27.3 Å². The minimum absolute atomic E-state index is 0.00476. The van der Waals surface area contributed by atoms with E-state index in [1.54, 1.807) is 36.4 Å². The maximum atomic E-state index is 14.5. The van der Waals surface area contributed by atoms with Crippen LogP contribution in [0.2, 0.25) is 5.02 Å². The summed E-state index contributed by atoms with van der Waals surface area (Å²) in [6, 6.07) is 10.4. The molecular weight excluding hydrogens is 469 g/mol. The van der Waals surface area contributed by atoms with E-state index in [2.05, 4.69) is 25.3 Å². The summed E-state index contributed by atoms with van der Waals surface area (Å²) < 4.78 is 44.3. The third-order valence-electron chi connectivity index (χ3n) is 5.20. The van der Waals surface area contributed by atoms with E-state index < -0.39 is 12.2 Å². The zero-order valence-electron chi connectivity index (χ0n) is 17.2. The number of anilines is 1. The van der Waals surface area contributed by atoms with Crippen LogP contribution in [0, 0.1) is 0 Å². The van der Waals surface area contributed by atoms with E-state index in [1.807, 2.05) is 0 Å². The Labute approximate surface area is 195 Å². The van der Waals surface area contributed by atoms with Crippen LogP contribution in [-0.4, -0.2) is 31.3 Å². The van der Waals surface area contributed by atoms with Crippen LogP contribution in [0.15, 0.2) is 73.4 Å². The predicted octanol–water partition coefficient (Wildman–Crippen LogP) is 5.13. The normalized spacial score (nSPS) is 12.7. The molecule has 4 heterocycles. The van der Waals surface area contributed by atoms with Crippen LogP contribution in [0.4, 0.5) is 19.0 Å². The molecule has 5 aromatic rings. The summed E-state index contributed by atoms with van der Waals surface area (Å²) in [5.41, 5.74) is 1.04. The summed E-state index contributed by atoms with van der Waals surface area (Å²) in [5, 5.41) is 13.1. The van der Waals surface area contributed by atoms with Crippen LogP contribution in [0.5, 0.6) is 0 Å². The van der Waals surface area contributed by atoms with E-state index in [-0.39, 0.29) is 28.2 Å². The standard InChI is InChI=1S/C23H15ClF3N6O/c24-16-6-1-4-13-10-15(18(31-19(13)16)14-5-3-9-33(34)11-14)21(23(25,26)27)32-22-20-17(29-12-30-22)7-2-8-28-20/h1-12,21,34H,(H,29,30,32)/q+1/t21-/m1/s1. The van der Waals surface area contributed by atoms with Gasteiger partial charge in [-0.05, 0) is 30.3 Å². The van der Waals surface area contributed by atoms with Gasteiger partial charge in [0.2, 0.25) is 12.4 Å². The van der Waals surface area contributed by atoms with E-state index in [1.165, 1.54) is 37.1 Å². The molecular formula is C23H15ClF3N6O+. The van der Waals surface area contributed by atoms with Gasteiger partial charge in [0.15, 0.2) is 11.9 Å². The van der Waals surface area contributed by atoms with E-state index in [0.29, 0.717) is 21.4 Å². The van der Waals surface area contributed by atoms with Crippen molar-refractivity contribution in [1.82, 2.24) is 19.9 Å². The van der Waals surface area contributed by atoms with Crippen LogP contribution < -0.4 is 10.0 Å². The van der Waals surface area contributed by atoms with E-state index in [9.17, 15) is 18.4 Å². The Balaban J connectivity index is 1.75. The average molecular weight is 484 g/mol. The maximum Gasteiger partial charge on any atom is 0.412 e. The van der Waals surface area contributed by atoms with Crippen molar-refractivity contribution < 1.29 is 23.1 Å². The molecule has 4 aromatic heterocycles. The molecule has 170 valence electrons. The molecule has 11 heteroatoms. The van der Waals surface area contributed by atoms with Gasteiger partial charge in [-0.1, -0.05) is 23.7 Å². The third kappa shape index (κ3) is 4.03. The van der Waals surface area contributed by atoms with Crippen LogP contribution in [0.25, 0.3) is 33.2 Å². The van der Waals surface area contributed by atoms with E-state index in [4.69, 9.17) is 11.6 Å². The van der Waals surface area contributed by atoms with Crippen LogP contribution >= 0.6 is 11.6 Å². The Morgan fingerprint density at radius 1 is 1.00 bits per heavy atom. The molecule has 0 aliphatic heterocycles. The Hall–Kier alpha value is -4.05. The molecule has 0 amide bonds. The second-order valence-electron chi connectivity index (χ2n) is 7.42. The first kappa shape index (κ1) is 21.8. The van der Waals surface area contributed by atoms with Crippen molar-refractivity contribution >= 4 is 39.4 Å². The van der Waals surface area contributed by atoms with Crippen molar-refractivity contribution in [1.29, 1.82) is 0 Å². The lowest BCUT2D eigenvalue weighted by Crippen LogP contribution is -2.30. The lowest BCUT2D eigenvalue weighted by atomic mass is 9.98. The Kier molecular flexibility index (Phi) is 5.37. The van der Waals surface area contributed by atoms with Gasteiger partial charge in [0, 0.05) is 27.9 Å². The Morgan fingerprint density at radius 3 is 2.65 bits per heavy atom. The SMILES string of the molecule is O[n+]1cccc(-c2nc3c(Cl)cccc3cc2[C@@H](Nc2ncnc3cccnc23)C(F)(F)F)c1. The summed E-state index contributed by atoms with van der Waals surface area (Å²) in [5.74, 6) is -0.0738. The molecule has 0 spiro atoms. The van der Waals surface area contributed by atoms with Crippen molar-refractivity contribution in [3.63, 3.8) is 0 Å². The number of pyridine rings is 3. The number of benzene rings is 1. The molecule has 0 unspecified atom stereocenters. The van der Waals surface area contributed by atoms with Crippen molar-refractivity contribution in [2.45, 2.75) is 12.2 Å². The summed E-state index contributed by atoms with van der Waals surface area (Å²) in [4.78, 5) is 16.7. The fourth-order valence-corrected chi connectivity index (χ4v) is 3.93. The number of nitrogens with zero attached hydrogens (tertiary/aromatic N) is 5. The smallest absolute Gasteiger partial charge is 0.353 e. The molecule has 0 saturated heterocycles. The number of fused-ring (bicyclic) bond motifs is 2. The van der Waals surface area contributed by atoms with Gasteiger partial charge in [-0.15, -0.1) is 0 Å². The van der Waals surface area contributed by atoms with Gasteiger partial charge >= 0.3 is 6.18 Å². The third-order valence-corrected chi connectivity index (χ3v) is 5.50. The summed E-state index contributed by atoms with van der Waals surface area (Å²) >= 11 is 6.28. The van der Waals surface area contributed by atoms with E-state index in [0.717, 1.165) is 4.73 Å². The van der Waals surface area contributed by atoms with Gasteiger partial charge in [-0.25, -0.2) is 15.0 Å². The molecule has 5 rings (SSSR count). The number of aromatic nitrogens is 5. The number of halogens is 4. The number of rotatable bonds is 4. The summed E-state index contributed by atoms with van der Waals surface area (Å²) in [7, 11) is 0. The largest absolute Gasteiger partial charge is 0.412 e. The van der Waals surface area contributed by atoms with Crippen molar-refractivity contribution in [2.75, 3.05) is 5.32 Å². The highest BCUT2D eigenvalue weighted by Gasteiger charge is 2.43. The molecule has 0 radical (unpaired) electrons. The first-order chi connectivity index (χ1) is 16.3. The zero-order valence-corrected chi connectivity index (χ0v) is 18.0. The molecule has 0 saturated carbocycles. The van der Waals surface area contributed by atoms with Gasteiger partial charge < -0.3 is 5.32 Å². The molecule has 2 N–H and O–H groups in total. The van der Waals surface area contributed by atoms with Gasteiger partial charge in [0.25, 0.3) is 0 Å². The first-order valence-corrected chi connectivity index (χ1v) is 10.4. The van der Waals surface area contributed by atoms with Crippen molar-refractivity contribution in [3.8, 4) is 11.3 Å². The average Bonchev–Trinajstić information content (AvgIpc) is 2.81. The number of alkyl halides is 3. The Morgan fingerprint density at radius 2 is 1.85 bits per heavy atom. The zero-order chi connectivity index (χ0) is 23.9. The fraction of sp³-hybridized carbons (Fsp3) is 0.0870. The molecule has 1 atom stereocenters. The maximum absolute atomic E-state index is 14.5. The molecule has 34 heavy (non-hydrogen) atoms. The lowest BCUT2D eigenvalue weighted by Gasteiger charge is -2.25. The van der Waals surface area contributed by atoms with Crippen molar-refractivity contribution in [3.05, 3.63) is 84.0 Å². The second-order valence-corrected chi connectivity index (χ2v) is 7.83. The second kappa shape index (κ2) is 8.38. The van der Waals surface area contributed by atoms with Gasteiger partial charge in [-0.3, -0.25) is 10.2 Å². The highest BCUT2D eigenvalue weighted by molar-refractivity contribution is 6.35. The van der Waals surface area contributed by atoms with Crippen molar-refractivity contribution in [2.24, 2.45) is 0 Å². The number of para-hydroxylation sites is 1. The minimum Gasteiger partial charge on any atom is -0.353 e. The van der Waals surface area contributed by atoms with Crippen LogP contribution in [0.1, 0.15) is 11.6 Å². The summed E-state index contributed by atoms with van der Waals surface area (Å²) in [6.07, 6.45) is 0.497. The highest BCUT2D eigenvalue weighted by atomic mass is 35.5. The number of nitrogens with one attached hydrogen (secondary N) is 1. The van der Waals surface area contributed by atoms with Crippen LogP contribution in [-0.2, 0) is 0 Å². The molecule has 0 bridgehead atoms. The Bertz CT molecular complexity index is 1520. The first-order valence-electron chi connectivity index (χ1n) is 10.0. The monoisotopic (exact) mass is 483 g/mol. The fourth-order valence-electron chi connectivity index (χ4n) is 3.71. The molecule has 0 aliphatic rings. The van der Waals surface area contributed by atoms with Crippen LogP contribution in [0.3, 0.4) is 0 Å². The lowest BCUT2D eigenvalue weighted by molar-refractivity contribution is -0.904. The quantitative estimate of drug-likeness (QED) is 0.272.